The van der Waals surface area contributed by atoms with Crippen molar-refractivity contribution in [3.63, 3.8) is 0 Å². The Kier molecular flexibility index (Phi) is 5.87. The highest BCUT2D eigenvalue weighted by molar-refractivity contribution is 5.35. The number of nitrogens with one attached hydrogen (secondary N) is 1. The normalized spacial score (nSPS) is 18.1. The smallest absolute Gasteiger partial charge is 0.0325 e. The van der Waals surface area contributed by atoms with Crippen LogP contribution in [0.4, 0.5) is 0 Å². The second-order valence-corrected chi connectivity index (χ2v) is 7.73. The van der Waals surface area contributed by atoms with E-state index in [0.29, 0.717) is 6.04 Å². The fourth-order valence-corrected chi connectivity index (χ4v) is 3.70. The molecule has 0 aliphatic heterocycles. The molecular weight excluding hydrogens is 254 g/mol. The van der Waals surface area contributed by atoms with Crippen molar-refractivity contribution in [1.29, 1.82) is 0 Å². The molecule has 2 rings (SSSR count). The highest BCUT2D eigenvalue weighted by Crippen LogP contribution is 2.36. The van der Waals surface area contributed by atoms with Crippen LogP contribution in [0.5, 0.6) is 0 Å². The summed E-state index contributed by atoms with van der Waals surface area (Å²) in [5, 5.41) is 3.83. The second-order valence-electron chi connectivity index (χ2n) is 7.73. The zero-order valence-electron chi connectivity index (χ0n) is 14.4. The molecule has 0 aromatic heterocycles. The maximum atomic E-state index is 3.83. The summed E-state index contributed by atoms with van der Waals surface area (Å²) in [5.41, 5.74) is 3.26. The van der Waals surface area contributed by atoms with E-state index in [2.05, 4.69) is 57.3 Å². The van der Waals surface area contributed by atoms with Crippen LogP contribution in [0.2, 0.25) is 0 Å². The lowest BCUT2D eigenvalue weighted by molar-refractivity contribution is 0.389. The Morgan fingerprint density at radius 3 is 2.43 bits per heavy atom. The molecule has 1 saturated carbocycles. The maximum absolute atomic E-state index is 3.83. The molecule has 1 unspecified atom stereocenters. The van der Waals surface area contributed by atoms with E-state index in [9.17, 15) is 0 Å². The topological polar surface area (TPSA) is 12.0 Å². The molecule has 1 aromatic rings. The number of rotatable bonds is 6. The first-order chi connectivity index (χ1) is 10.0. The molecule has 1 heteroatoms. The van der Waals surface area contributed by atoms with Gasteiger partial charge < -0.3 is 5.32 Å². The van der Waals surface area contributed by atoms with Crippen molar-refractivity contribution in [3.05, 3.63) is 35.4 Å². The molecule has 0 heterocycles. The predicted molar refractivity (Wildman–Crippen MR) is 92.8 cm³/mol. The summed E-state index contributed by atoms with van der Waals surface area (Å²) < 4.78 is 0. The summed E-state index contributed by atoms with van der Waals surface area (Å²) in [6.45, 7) is 10.4. The van der Waals surface area contributed by atoms with E-state index in [-0.39, 0.29) is 5.41 Å². The second kappa shape index (κ2) is 7.45. The molecule has 118 valence electrons. The maximum Gasteiger partial charge on any atom is 0.0325 e. The van der Waals surface area contributed by atoms with Gasteiger partial charge in [0.25, 0.3) is 0 Å². The molecule has 1 atom stereocenters. The summed E-state index contributed by atoms with van der Waals surface area (Å²) in [4.78, 5) is 0. The molecule has 0 saturated heterocycles. The van der Waals surface area contributed by atoms with Crippen molar-refractivity contribution >= 4 is 0 Å². The van der Waals surface area contributed by atoms with Gasteiger partial charge in [-0.1, -0.05) is 77.6 Å². The van der Waals surface area contributed by atoms with Gasteiger partial charge in [-0.25, -0.2) is 0 Å². The van der Waals surface area contributed by atoms with Gasteiger partial charge in [0.2, 0.25) is 0 Å². The third-order valence-corrected chi connectivity index (χ3v) is 4.83. The van der Waals surface area contributed by atoms with E-state index in [0.717, 1.165) is 12.5 Å². The van der Waals surface area contributed by atoms with Crippen LogP contribution >= 0.6 is 0 Å². The van der Waals surface area contributed by atoms with Gasteiger partial charge in [-0.05, 0) is 41.8 Å². The minimum Gasteiger partial charge on any atom is -0.310 e. The Balaban J connectivity index is 2.22. The van der Waals surface area contributed by atoms with Crippen molar-refractivity contribution in [1.82, 2.24) is 5.32 Å². The molecule has 1 aliphatic rings. The van der Waals surface area contributed by atoms with Crippen LogP contribution in [0.15, 0.2) is 24.3 Å². The highest BCUT2D eigenvalue weighted by atomic mass is 14.9. The standard InChI is InChI=1S/C20H33N/c1-5-14-21-19(15-16-10-6-7-11-16)17-12-8-9-13-18(17)20(2,3)4/h8-9,12-13,16,19,21H,5-7,10-11,14-15H2,1-4H3. The van der Waals surface area contributed by atoms with Crippen molar-refractivity contribution in [3.8, 4) is 0 Å². The highest BCUT2D eigenvalue weighted by Gasteiger charge is 2.25. The SMILES string of the molecule is CCCNC(CC1CCCC1)c1ccccc1C(C)(C)C. The van der Waals surface area contributed by atoms with Crippen LogP contribution in [0.3, 0.4) is 0 Å². The Bertz CT molecular complexity index is 424. The molecule has 1 N–H and O–H groups in total. The Morgan fingerprint density at radius 2 is 1.81 bits per heavy atom. The van der Waals surface area contributed by atoms with Crippen molar-refractivity contribution in [2.24, 2.45) is 5.92 Å². The average Bonchev–Trinajstić information content (AvgIpc) is 2.95. The largest absolute Gasteiger partial charge is 0.310 e. The van der Waals surface area contributed by atoms with Gasteiger partial charge in [0.05, 0.1) is 0 Å². The van der Waals surface area contributed by atoms with E-state index < -0.39 is 0 Å². The average molecular weight is 287 g/mol. The summed E-state index contributed by atoms with van der Waals surface area (Å²) in [6, 6.07) is 9.60. The number of hydrogen-bond donors (Lipinski definition) is 1. The van der Waals surface area contributed by atoms with Crippen LogP contribution in [-0.4, -0.2) is 6.54 Å². The van der Waals surface area contributed by atoms with Crippen LogP contribution in [0.25, 0.3) is 0 Å². The molecule has 0 spiro atoms. The first-order valence-corrected chi connectivity index (χ1v) is 8.85. The minimum absolute atomic E-state index is 0.221. The summed E-state index contributed by atoms with van der Waals surface area (Å²) in [5.74, 6) is 0.924. The first-order valence-electron chi connectivity index (χ1n) is 8.85. The van der Waals surface area contributed by atoms with Gasteiger partial charge in [-0.15, -0.1) is 0 Å². The third kappa shape index (κ3) is 4.57. The molecule has 0 radical (unpaired) electrons. The Hall–Kier alpha value is -0.820. The molecule has 0 amide bonds. The lowest BCUT2D eigenvalue weighted by atomic mass is 9.80. The summed E-state index contributed by atoms with van der Waals surface area (Å²) in [6.07, 6.45) is 8.26. The molecule has 1 aromatic carbocycles. The molecule has 1 aliphatic carbocycles. The van der Waals surface area contributed by atoms with Crippen LogP contribution < -0.4 is 5.32 Å². The van der Waals surface area contributed by atoms with E-state index in [4.69, 9.17) is 0 Å². The van der Waals surface area contributed by atoms with E-state index in [1.807, 2.05) is 0 Å². The molecule has 0 bridgehead atoms. The zero-order valence-corrected chi connectivity index (χ0v) is 14.4. The molecular formula is C20H33N. The number of hydrogen-bond acceptors (Lipinski definition) is 1. The molecule has 21 heavy (non-hydrogen) atoms. The van der Waals surface area contributed by atoms with Gasteiger partial charge in [-0.3, -0.25) is 0 Å². The van der Waals surface area contributed by atoms with Gasteiger partial charge in [-0.2, -0.15) is 0 Å². The zero-order chi connectivity index (χ0) is 15.3. The van der Waals surface area contributed by atoms with Crippen molar-refractivity contribution in [2.75, 3.05) is 6.54 Å². The van der Waals surface area contributed by atoms with Crippen molar-refractivity contribution < 1.29 is 0 Å². The van der Waals surface area contributed by atoms with Gasteiger partial charge >= 0.3 is 0 Å². The summed E-state index contributed by atoms with van der Waals surface area (Å²) in [7, 11) is 0. The third-order valence-electron chi connectivity index (χ3n) is 4.83. The molecule has 1 nitrogen and oxygen atoms in total. The fourth-order valence-electron chi connectivity index (χ4n) is 3.70. The predicted octanol–water partition coefficient (Wildman–Crippen LogP) is 5.61. The van der Waals surface area contributed by atoms with Crippen LogP contribution in [-0.2, 0) is 5.41 Å². The van der Waals surface area contributed by atoms with Gasteiger partial charge in [0.15, 0.2) is 0 Å². The fraction of sp³-hybridized carbons (Fsp3) is 0.700. The van der Waals surface area contributed by atoms with Crippen LogP contribution in [0, 0.1) is 5.92 Å². The van der Waals surface area contributed by atoms with E-state index >= 15 is 0 Å². The Morgan fingerprint density at radius 1 is 1.14 bits per heavy atom. The van der Waals surface area contributed by atoms with Gasteiger partial charge in [0.1, 0.15) is 0 Å². The van der Waals surface area contributed by atoms with Crippen LogP contribution in [0.1, 0.15) is 83.4 Å². The van der Waals surface area contributed by atoms with Gasteiger partial charge in [0, 0.05) is 6.04 Å². The summed E-state index contributed by atoms with van der Waals surface area (Å²) >= 11 is 0. The first kappa shape index (κ1) is 16.5. The van der Waals surface area contributed by atoms with E-state index in [1.165, 1.54) is 49.7 Å². The Labute approximate surface area is 131 Å². The lowest BCUT2D eigenvalue weighted by Gasteiger charge is -2.29. The quantitative estimate of drug-likeness (QED) is 0.717. The minimum atomic E-state index is 0.221. The van der Waals surface area contributed by atoms with E-state index in [1.54, 1.807) is 0 Å². The lowest BCUT2D eigenvalue weighted by Crippen LogP contribution is -2.27. The van der Waals surface area contributed by atoms with Crippen molar-refractivity contribution in [2.45, 2.75) is 77.7 Å². The molecule has 1 fully saturated rings. The monoisotopic (exact) mass is 287 g/mol. The number of benzene rings is 1.